The number of aromatic nitrogens is 1. The van der Waals surface area contributed by atoms with Crippen molar-refractivity contribution >= 4 is 5.91 Å². The number of rotatable bonds is 9. The third kappa shape index (κ3) is 5.95. The predicted molar refractivity (Wildman–Crippen MR) is 127 cm³/mol. The molecule has 2 heterocycles. The van der Waals surface area contributed by atoms with Gasteiger partial charge in [0.15, 0.2) is 0 Å². The Morgan fingerprint density at radius 3 is 2.35 bits per heavy atom. The number of morpholine rings is 1. The van der Waals surface area contributed by atoms with Gasteiger partial charge in [0.1, 0.15) is 23.9 Å². The Morgan fingerprint density at radius 1 is 1.06 bits per heavy atom. The topological polar surface area (TPSA) is 86.1 Å². The second-order valence-electron chi connectivity index (χ2n) is 8.33. The molecule has 3 aromatic rings. The Hall–Kier alpha value is -3.36. The summed E-state index contributed by atoms with van der Waals surface area (Å²) in [6.07, 6.45) is 0. The maximum Gasteiger partial charge on any atom is 0.251 e. The molecule has 0 unspecified atom stereocenters. The molecule has 0 radical (unpaired) electrons. The van der Waals surface area contributed by atoms with Crippen LogP contribution in [0.4, 0.5) is 0 Å². The zero-order valence-electron chi connectivity index (χ0n) is 19.9. The summed E-state index contributed by atoms with van der Waals surface area (Å²) < 4.78 is 21.8. The van der Waals surface area contributed by atoms with Gasteiger partial charge in [-0.3, -0.25) is 9.69 Å². The van der Waals surface area contributed by atoms with Crippen LogP contribution in [0.5, 0.6) is 11.5 Å². The smallest absolute Gasteiger partial charge is 0.251 e. The molecule has 1 saturated heterocycles. The summed E-state index contributed by atoms with van der Waals surface area (Å²) in [7, 11) is 1.64. The maximum atomic E-state index is 13.1. The van der Waals surface area contributed by atoms with E-state index in [4.69, 9.17) is 18.7 Å². The molecule has 8 nitrogen and oxygen atoms in total. The Bertz CT molecular complexity index is 1050. The summed E-state index contributed by atoms with van der Waals surface area (Å²) in [4.78, 5) is 15.4. The summed E-state index contributed by atoms with van der Waals surface area (Å²) >= 11 is 0. The molecule has 1 N–H and O–H groups in total. The van der Waals surface area contributed by atoms with Crippen molar-refractivity contribution in [1.29, 1.82) is 0 Å². The number of benzene rings is 2. The van der Waals surface area contributed by atoms with Gasteiger partial charge in [0, 0.05) is 25.2 Å². The van der Waals surface area contributed by atoms with Crippen LogP contribution in [-0.4, -0.2) is 55.9 Å². The van der Waals surface area contributed by atoms with Crippen LogP contribution in [0, 0.1) is 13.8 Å². The Morgan fingerprint density at radius 2 is 1.74 bits per heavy atom. The molecule has 0 spiro atoms. The Labute approximate surface area is 199 Å². The van der Waals surface area contributed by atoms with E-state index in [0.29, 0.717) is 37.7 Å². The number of hydrogen-bond acceptors (Lipinski definition) is 7. The molecule has 1 atom stereocenters. The van der Waals surface area contributed by atoms with E-state index >= 15 is 0 Å². The fraction of sp³-hybridized carbons (Fsp3) is 0.385. The number of amides is 1. The van der Waals surface area contributed by atoms with Crippen molar-refractivity contribution in [3.05, 3.63) is 76.7 Å². The van der Waals surface area contributed by atoms with Gasteiger partial charge in [-0.2, -0.15) is 0 Å². The lowest BCUT2D eigenvalue weighted by Crippen LogP contribution is -2.43. The summed E-state index contributed by atoms with van der Waals surface area (Å²) in [5.74, 6) is 2.08. The number of methoxy groups -OCH3 is 1. The minimum atomic E-state index is -0.160. The summed E-state index contributed by atoms with van der Waals surface area (Å²) in [6, 6.07) is 14.8. The van der Waals surface area contributed by atoms with Gasteiger partial charge in [-0.25, -0.2) is 0 Å². The zero-order chi connectivity index (χ0) is 23.9. The third-order valence-electron chi connectivity index (χ3n) is 6.05. The highest BCUT2D eigenvalue weighted by atomic mass is 16.5. The number of ether oxygens (including phenoxy) is 3. The molecule has 0 saturated carbocycles. The van der Waals surface area contributed by atoms with E-state index in [9.17, 15) is 4.79 Å². The molecule has 34 heavy (non-hydrogen) atoms. The quantitative estimate of drug-likeness (QED) is 0.516. The van der Waals surface area contributed by atoms with Crippen LogP contribution >= 0.6 is 0 Å². The monoisotopic (exact) mass is 465 g/mol. The van der Waals surface area contributed by atoms with Crippen molar-refractivity contribution in [3.63, 3.8) is 0 Å². The summed E-state index contributed by atoms with van der Waals surface area (Å²) in [5.41, 5.74) is 3.36. The average molecular weight is 466 g/mol. The van der Waals surface area contributed by atoms with E-state index in [0.717, 1.165) is 41.4 Å². The molecule has 1 aliphatic rings. The molecular weight excluding hydrogens is 434 g/mol. The molecule has 4 rings (SSSR count). The highest BCUT2D eigenvalue weighted by Crippen LogP contribution is 2.21. The van der Waals surface area contributed by atoms with E-state index in [1.165, 1.54) is 0 Å². The Balaban J connectivity index is 1.42. The molecule has 1 fully saturated rings. The Kier molecular flexibility index (Phi) is 7.82. The van der Waals surface area contributed by atoms with Crippen LogP contribution in [0.3, 0.4) is 0 Å². The molecule has 8 heteroatoms. The second kappa shape index (κ2) is 11.2. The predicted octanol–water partition coefficient (Wildman–Crippen LogP) is 3.68. The number of hydrogen-bond donors (Lipinski definition) is 1. The van der Waals surface area contributed by atoms with E-state index in [1.54, 1.807) is 31.4 Å². The van der Waals surface area contributed by atoms with Crippen LogP contribution in [0.2, 0.25) is 0 Å². The van der Waals surface area contributed by atoms with E-state index < -0.39 is 0 Å². The lowest BCUT2D eigenvalue weighted by molar-refractivity contribution is 0.0332. The number of nitrogens with one attached hydrogen (secondary N) is 1. The van der Waals surface area contributed by atoms with Gasteiger partial charge >= 0.3 is 0 Å². The first-order valence-corrected chi connectivity index (χ1v) is 11.4. The molecule has 1 aliphatic heterocycles. The van der Waals surface area contributed by atoms with Gasteiger partial charge < -0.3 is 24.1 Å². The van der Waals surface area contributed by atoms with Crippen molar-refractivity contribution in [2.45, 2.75) is 26.5 Å². The number of carbonyl (C=O) groups is 1. The van der Waals surface area contributed by atoms with Gasteiger partial charge in [0.05, 0.1) is 37.6 Å². The maximum absolute atomic E-state index is 13.1. The summed E-state index contributed by atoms with van der Waals surface area (Å²) in [5, 5.41) is 7.14. The molecular formula is C26H31N3O5. The van der Waals surface area contributed by atoms with Crippen LogP contribution < -0.4 is 14.8 Å². The SMILES string of the molecule is COc1ccc([C@H](CN2CCOCC2)NC(=O)c2ccc(OCc3c(C)noc3C)cc2)cc1. The molecule has 180 valence electrons. The van der Waals surface area contributed by atoms with Crippen molar-refractivity contribution < 1.29 is 23.5 Å². The standard InChI is InChI=1S/C26H31N3O5/c1-18-24(19(2)34-28-18)17-33-23-10-6-21(7-11-23)26(30)27-25(16-29-12-14-32-15-13-29)20-4-8-22(31-3)9-5-20/h4-11,25H,12-17H2,1-3H3,(H,27,30)/t25-/m0/s1. The van der Waals surface area contributed by atoms with Crippen LogP contribution in [-0.2, 0) is 11.3 Å². The number of nitrogens with zero attached hydrogens (tertiary/aromatic N) is 2. The van der Waals surface area contributed by atoms with Gasteiger partial charge in [-0.05, 0) is 55.8 Å². The first-order chi connectivity index (χ1) is 16.5. The molecule has 0 bridgehead atoms. The molecule has 2 aromatic carbocycles. The highest BCUT2D eigenvalue weighted by molar-refractivity contribution is 5.94. The van der Waals surface area contributed by atoms with Crippen LogP contribution in [0.25, 0.3) is 0 Å². The van der Waals surface area contributed by atoms with Gasteiger partial charge in [0.25, 0.3) is 5.91 Å². The van der Waals surface area contributed by atoms with Crippen LogP contribution in [0.15, 0.2) is 53.1 Å². The van der Waals surface area contributed by atoms with Gasteiger partial charge in [-0.1, -0.05) is 17.3 Å². The average Bonchev–Trinajstić information content (AvgIpc) is 3.20. The molecule has 0 aliphatic carbocycles. The minimum absolute atomic E-state index is 0.133. The lowest BCUT2D eigenvalue weighted by Gasteiger charge is -2.31. The largest absolute Gasteiger partial charge is 0.497 e. The number of carbonyl (C=O) groups excluding carboxylic acids is 1. The van der Waals surface area contributed by atoms with E-state index in [1.807, 2.05) is 38.1 Å². The first-order valence-electron chi connectivity index (χ1n) is 11.4. The van der Waals surface area contributed by atoms with Crippen LogP contribution in [0.1, 0.15) is 39.0 Å². The second-order valence-corrected chi connectivity index (χ2v) is 8.33. The summed E-state index contributed by atoms with van der Waals surface area (Å²) in [6.45, 7) is 7.93. The van der Waals surface area contributed by atoms with Crippen molar-refractivity contribution in [3.8, 4) is 11.5 Å². The van der Waals surface area contributed by atoms with Crippen molar-refractivity contribution in [2.24, 2.45) is 0 Å². The van der Waals surface area contributed by atoms with Crippen molar-refractivity contribution in [1.82, 2.24) is 15.4 Å². The lowest BCUT2D eigenvalue weighted by atomic mass is 10.0. The number of aryl methyl sites for hydroxylation is 2. The molecule has 1 amide bonds. The van der Waals surface area contributed by atoms with Crippen molar-refractivity contribution in [2.75, 3.05) is 40.0 Å². The van der Waals surface area contributed by atoms with E-state index in [2.05, 4.69) is 15.4 Å². The minimum Gasteiger partial charge on any atom is -0.497 e. The fourth-order valence-electron chi connectivity index (χ4n) is 3.92. The third-order valence-corrected chi connectivity index (χ3v) is 6.05. The first kappa shape index (κ1) is 23.8. The highest BCUT2D eigenvalue weighted by Gasteiger charge is 2.21. The van der Waals surface area contributed by atoms with Gasteiger partial charge in [0.2, 0.25) is 0 Å². The molecule has 1 aromatic heterocycles. The normalized spacial score (nSPS) is 15.0. The fourth-order valence-corrected chi connectivity index (χ4v) is 3.92. The zero-order valence-corrected chi connectivity index (χ0v) is 19.9. The van der Waals surface area contributed by atoms with Gasteiger partial charge in [-0.15, -0.1) is 0 Å². The van der Waals surface area contributed by atoms with E-state index in [-0.39, 0.29) is 11.9 Å².